The zero-order chi connectivity index (χ0) is 12.8. The predicted octanol–water partition coefficient (Wildman–Crippen LogP) is 1.33. The fourth-order valence-electron chi connectivity index (χ4n) is 0.979. The minimum absolute atomic E-state index is 0.444. The molecule has 0 fully saturated rings. The Morgan fingerprint density at radius 2 is 1.81 bits per heavy atom. The van der Waals surface area contributed by atoms with Crippen molar-refractivity contribution in [2.75, 3.05) is 18.7 Å². The standard InChI is InChI=1S/C10H20ClNO3S/c1-10(2,16(3,14)15)9(13)12-8-6-4-5-7-11/h4-8H2,1-3H3,(H,12,13). The Bertz CT molecular complexity index is 325. The summed E-state index contributed by atoms with van der Waals surface area (Å²) in [7, 11) is -3.38. The normalized spacial score (nSPS) is 12.5. The molecular weight excluding hydrogens is 250 g/mol. The molecule has 6 heteroatoms. The molecule has 0 atom stereocenters. The second-order valence-electron chi connectivity index (χ2n) is 4.29. The molecule has 0 saturated carbocycles. The van der Waals surface area contributed by atoms with Crippen molar-refractivity contribution in [3.63, 3.8) is 0 Å². The minimum Gasteiger partial charge on any atom is -0.355 e. The van der Waals surface area contributed by atoms with E-state index in [2.05, 4.69) is 5.32 Å². The highest BCUT2D eigenvalue weighted by atomic mass is 35.5. The van der Waals surface area contributed by atoms with Gasteiger partial charge in [-0.3, -0.25) is 4.79 Å². The topological polar surface area (TPSA) is 63.2 Å². The molecular formula is C10H20ClNO3S. The van der Waals surface area contributed by atoms with Gasteiger partial charge in [-0.15, -0.1) is 11.6 Å². The minimum atomic E-state index is -3.38. The van der Waals surface area contributed by atoms with Crippen LogP contribution in [0.3, 0.4) is 0 Å². The van der Waals surface area contributed by atoms with Crippen molar-refractivity contribution >= 4 is 27.3 Å². The molecule has 0 heterocycles. The lowest BCUT2D eigenvalue weighted by Crippen LogP contribution is -2.47. The van der Waals surface area contributed by atoms with Crippen LogP contribution in [0.4, 0.5) is 0 Å². The van der Waals surface area contributed by atoms with Crippen LogP contribution in [-0.2, 0) is 14.6 Å². The summed E-state index contributed by atoms with van der Waals surface area (Å²) in [5.41, 5.74) is 0. The molecule has 0 aliphatic heterocycles. The van der Waals surface area contributed by atoms with Gasteiger partial charge in [0.2, 0.25) is 5.91 Å². The molecule has 0 rings (SSSR count). The summed E-state index contributed by atoms with van der Waals surface area (Å²) in [4.78, 5) is 11.6. The number of amides is 1. The number of alkyl halides is 1. The number of halogens is 1. The third-order valence-corrected chi connectivity index (χ3v) is 4.88. The lowest BCUT2D eigenvalue weighted by Gasteiger charge is -2.21. The molecule has 0 aliphatic rings. The number of carbonyl (C=O) groups is 1. The van der Waals surface area contributed by atoms with Crippen molar-refractivity contribution in [2.24, 2.45) is 0 Å². The quantitative estimate of drug-likeness (QED) is 0.560. The third kappa shape index (κ3) is 4.70. The monoisotopic (exact) mass is 269 g/mol. The van der Waals surface area contributed by atoms with E-state index in [9.17, 15) is 13.2 Å². The average molecular weight is 270 g/mol. The van der Waals surface area contributed by atoms with E-state index >= 15 is 0 Å². The van der Waals surface area contributed by atoms with E-state index < -0.39 is 20.5 Å². The summed E-state index contributed by atoms with van der Waals surface area (Å²) >= 11 is 5.51. The maximum Gasteiger partial charge on any atom is 0.240 e. The first kappa shape index (κ1) is 15.7. The fourth-order valence-corrected chi connectivity index (χ4v) is 1.58. The second-order valence-corrected chi connectivity index (χ2v) is 7.23. The van der Waals surface area contributed by atoms with Gasteiger partial charge in [-0.1, -0.05) is 6.42 Å². The van der Waals surface area contributed by atoms with Crippen molar-refractivity contribution in [2.45, 2.75) is 37.9 Å². The van der Waals surface area contributed by atoms with Crippen molar-refractivity contribution in [1.29, 1.82) is 0 Å². The van der Waals surface area contributed by atoms with E-state index in [-0.39, 0.29) is 0 Å². The van der Waals surface area contributed by atoms with E-state index in [4.69, 9.17) is 11.6 Å². The second kappa shape index (κ2) is 6.45. The van der Waals surface area contributed by atoms with Gasteiger partial charge >= 0.3 is 0 Å². The van der Waals surface area contributed by atoms with Crippen molar-refractivity contribution in [1.82, 2.24) is 5.32 Å². The van der Waals surface area contributed by atoms with Gasteiger partial charge in [0.05, 0.1) is 0 Å². The van der Waals surface area contributed by atoms with Crippen LogP contribution in [0.2, 0.25) is 0 Å². The molecule has 4 nitrogen and oxygen atoms in total. The highest BCUT2D eigenvalue weighted by Crippen LogP contribution is 2.14. The molecule has 0 unspecified atom stereocenters. The maximum atomic E-state index is 11.6. The van der Waals surface area contributed by atoms with E-state index in [0.717, 1.165) is 25.5 Å². The van der Waals surface area contributed by atoms with Gasteiger partial charge in [0, 0.05) is 18.7 Å². The molecule has 0 saturated heterocycles. The molecule has 96 valence electrons. The fraction of sp³-hybridized carbons (Fsp3) is 0.900. The highest BCUT2D eigenvalue weighted by molar-refractivity contribution is 7.92. The first-order valence-electron chi connectivity index (χ1n) is 5.27. The van der Waals surface area contributed by atoms with Gasteiger partial charge in [0.15, 0.2) is 9.84 Å². The van der Waals surface area contributed by atoms with Crippen molar-refractivity contribution in [3.05, 3.63) is 0 Å². The summed E-state index contributed by atoms with van der Waals surface area (Å²) in [6.07, 6.45) is 3.73. The Kier molecular flexibility index (Phi) is 6.33. The average Bonchev–Trinajstić information content (AvgIpc) is 2.15. The molecule has 16 heavy (non-hydrogen) atoms. The molecule has 0 spiro atoms. The SMILES string of the molecule is CC(C)(C(=O)NCCCCCCl)S(C)(=O)=O. The zero-order valence-electron chi connectivity index (χ0n) is 10.0. The number of nitrogens with one attached hydrogen (secondary N) is 1. The Morgan fingerprint density at radius 1 is 1.25 bits per heavy atom. The van der Waals surface area contributed by atoms with Crippen molar-refractivity contribution < 1.29 is 13.2 Å². The van der Waals surface area contributed by atoms with Crippen LogP contribution < -0.4 is 5.32 Å². The van der Waals surface area contributed by atoms with Crippen LogP contribution in [0, 0.1) is 0 Å². The highest BCUT2D eigenvalue weighted by Gasteiger charge is 2.37. The van der Waals surface area contributed by atoms with Crippen molar-refractivity contribution in [3.8, 4) is 0 Å². The largest absolute Gasteiger partial charge is 0.355 e. The number of carbonyl (C=O) groups excluding carboxylic acids is 1. The van der Waals surface area contributed by atoms with E-state index in [0.29, 0.717) is 12.4 Å². The number of unbranched alkanes of at least 4 members (excludes halogenated alkanes) is 2. The molecule has 0 aromatic carbocycles. The molecule has 0 aromatic rings. The van der Waals surface area contributed by atoms with Gasteiger partial charge in [-0.05, 0) is 26.7 Å². The molecule has 0 bridgehead atoms. The number of hydrogen-bond donors (Lipinski definition) is 1. The molecule has 0 aliphatic carbocycles. The Hall–Kier alpha value is -0.290. The molecule has 0 aromatic heterocycles. The number of sulfone groups is 1. The third-order valence-electron chi connectivity index (χ3n) is 2.57. The van der Waals surface area contributed by atoms with Crippen LogP contribution >= 0.6 is 11.6 Å². The smallest absolute Gasteiger partial charge is 0.240 e. The Balaban J connectivity index is 4.08. The Labute approximate surface area is 103 Å². The first-order valence-corrected chi connectivity index (χ1v) is 7.70. The summed E-state index contributed by atoms with van der Waals surface area (Å²) in [6.45, 7) is 3.32. The molecule has 1 N–H and O–H groups in total. The molecule has 0 radical (unpaired) electrons. The number of hydrogen-bond acceptors (Lipinski definition) is 3. The van der Waals surface area contributed by atoms with Crippen LogP contribution in [0.15, 0.2) is 0 Å². The predicted molar refractivity (Wildman–Crippen MR) is 66.5 cm³/mol. The van der Waals surface area contributed by atoms with Crippen LogP contribution in [-0.4, -0.2) is 37.8 Å². The number of rotatable bonds is 7. The maximum absolute atomic E-state index is 11.6. The van der Waals surface area contributed by atoms with Crippen LogP contribution in [0.5, 0.6) is 0 Å². The van der Waals surface area contributed by atoms with E-state index in [1.165, 1.54) is 13.8 Å². The lowest BCUT2D eigenvalue weighted by molar-refractivity contribution is -0.122. The summed E-state index contributed by atoms with van der Waals surface area (Å²) in [5, 5.41) is 2.63. The summed E-state index contributed by atoms with van der Waals surface area (Å²) in [5.74, 6) is 0.170. The van der Waals surface area contributed by atoms with Gasteiger partial charge in [-0.25, -0.2) is 8.42 Å². The first-order chi connectivity index (χ1) is 7.23. The van der Waals surface area contributed by atoms with Crippen LogP contribution in [0.25, 0.3) is 0 Å². The Morgan fingerprint density at radius 3 is 2.25 bits per heavy atom. The van der Waals surface area contributed by atoms with Gasteiger partial charge < -0.3 is 5.32 Å². The van der Waals surface area contributed by atoms with Gasteiger partial charge in [-0.2, -0.15) is 0 Å². The van der Waals surface area contributed by atoms with Gasteiger partial charge in [0.1, 0.15) is 4.75 Å². The summed E-state index contributed by atoms with van der Waals surface area (Å²) in [6, 6.07) is 0. The van der Waals surface area contributed by atoms with E-state index in [1.54, 1.807) is 0 Å². The lowest BCUT2D eigenvalue weighted by atomic mass is 10.2. The van der Waals surface area contributed by atoms with Crippen LogP contribution in [0.1, 0.15) is 33.1 Å². The van der Waals surface area contributed by atoms with E-state index in [1.807, 2.05) is 0 Å². The molecule has 1 amide bonds. The summed E-state index contributed by atoms with van der Waals surface area (Å²) < 4.78 is 21.3. The van der Waals surface area contributed by atoms with Gasteiger partial charge in [0.25, 0.3) is 0 Å². The zero-order valence-corrected chi connectivity index (χ0v) is 11.6.